The lowest BCUT2D eigenvalue weighted by atomic mass is 9.99. The number of benzene rings is 2. The van der Waals surface area contributed by atoms with Gasteiger partial charge in [0, 0.05) is 40.1 Å². The Morgan fingerprint density at radius 2 is 1.78 bits per heavy atom. The van der Waals surface area contributed by atoms with Gasteiger partial charge in [0.05, 0.1) is 0 Å². The van der Waals surface area contributed by atoms with E-state index in [1.807, 2.05) is 18.2 Å². The molecule has 0 unspecified atom stereocenters. The fourth-order valence-corrected chi connectivity index (χ4v) is 4.37. The van der Waals surface area contributed by atoms with Crippen molar-refractivity contribution in [3.63, 3.8) is 0 Å². The number of hydrogen-bond acceptors (Lipinski definition) is 4. The quantitative estimate of drug-likeness (QED) is 0.745. The van der Waals surface area contributed by atoms with Crippen LogP contribution in [0.25, 0.3) is 0 Å². The average Bonchev–Trinajstić information content (AvgIpc) is 2.68. The molecule has 7 heteroatoms. The predicted octanol–water partition coefficient (Wildman–Crippen LogP) is 3.74. The highest BCUT2D eigenvalue weighted by molar-refractivity contribution is 8.00. The van der Waals surface area contributed by atoms with Crippen LogP contribution in [-0.2, 0) is 14.3 Å². The molecule has 0 aliphatic carbocycles. The minimum absolute atomic E-state index is 0.189. The van der Waals surface area contributed by atoms with Crippen LogP contribution in [-0.4, -0.2) is 36.3 Å². The molecule has 27 heavy (non-hydrogen) atoms. The summed E-state index contributed by atoms with van der Waals surface area (Å²) >= 11 is 7.63. The Balaban J connectivity index is 1.60. The fourth-order valence-electron chi connectivity index (χ4n) is 2.87. The van der Waals surface area contributed by atoms with Gasteiger partial charge in [-0.3, -0.25) is 9.59 Å². The number of rotatable bonds is 5. The maximum atomic E-state index is 12.3. The predicted molar refractivity (Wildman–Crippen MR) is 108 cm³/mol. The number of nitrogens with one attached hydrogen (secondary N) is 2. The maximum Gasteiger partial charge on any atom is 0.313 e. The molecule has 2 aromatic carbocycles. The van der Waals surface area contributed by atoms with E-state index in [0.29, 0.717) is 30.5 Å². The van der Waals surface area contributed by atoms with E-state index in [1.165, 1.54) is 0 Å². The van der Waals surface area contributed by atoms with Crippen molar-refractivity contribution >= 4 is 40.9 Å². The lowest BCUT2D eigenvalue weighted by Crippen LogP contribution is -2.47. The summed E-state index contributed by atoms with van der Waals surface area (Å²) < 4.78 is 5.30. The van der Waals surface area contributed by atoms with Crippen LogP contribution < -0.4 is 10.6 Å². The summed E-state index contributed by atoms with van der Waals surface area (Å²) in [5.74, 6) is -1.36. The Bertz CT molecular complexity index is 795. The van der Waals surface area contributed by atoms with Gasteiger partial charge in [0.15, 0.2) is 0 Å². The monoisotopic (exact) mass is 404 g/mol. The second kappa shape index (κ2) is 9.26. The van der Waals surface area contributed by atoms with Gasteiger partial charge in [0.25, 0.3) is 0 Å². The molecule has 1 fully saturated rings. The Labute approximate surface area is 167 Å². The zero-order valence-electron chi connectivity index (χ0n) is 14.7. The van der Waals surface area contributed by atoms with Gasteiger partial charge in [-0.1, -0.05) is 35.9 Å². The molecule has 1 aliphatic heterocycles. The number of halogens is 1. The molecule has 2 amide bonds. The lowest BCUT2D eigenvalue weighted by Gasteiger charge is -2.36. The number of carbonyl (C=O) groups is 2. The number of ether oxygens (including phenoxy) is 1. The van der Waals surface area contributed by atoms with Crippen LogP contribution in [0.2, 0.25) is 5.02 Å². The molecule has 5 nitrogen and oxygen atoms in total. The molecular formula is C20H21ClN2O3S. The van der Waals surface area contributed by atoms with E-state index < -0.39 is 11.8 Å². The highest BCUT2D eigenvalue weighted by Crippen LogP contribution is 2.40. The highest BCUT2D eigenvalue weighted by Gasteiger charge is 2.34. The van der Waals surface area contributed by atoms with Crippen molar-refractivity contribution in [3.8, 4) is 0 Å². The van der Waals surface area contributed by atoms with E-state index in [1.54, 1.807) is 36.0 Å². The molecule has 0 spiro atoms. The van der Waals surface area contributed by atoms with Crippen molar-refractivity contribution in [1.29, 1.82) is 0 Å². The summed E-state index contributed by atoms with van der Waals surface area (Å²) in [5, 5.41) is 5.85. The zero-order valence-corrected chi connectivity index (χ0v) is 16.3. The smallest absolute Gasteiger partial charge is 0.313 e. The van der Waals surface area contributed by atoms with Gasteiger partial charge in [-0.25, -0.2) is 0 Å². The molecule has 0 atom stereocenters. The van der Waals surface area contributed by atoms with E-state index in [4.69, 9.17) is 16.3 Å². The summed E-state index contributed by atoms with van der Waals surface area (Å²) in [6.45, 7) is 1.69. The first kappa shape index (κ1) is 19.7. The van der Waals surface area contributed by atoms with Crippen molar-refractivity contribution in [2.24, 2.45) is 0 Å². The Morgan fingerprint density at radius 3 is 2.48 bits per heavy atom. The number of amides is 2. The summed E-state index contributed by atoms with van der Waals surface area (Å²) in [5.41, 5.74) is 0.488. The molecule has 0 radical (unpaired) electrons. The van der Waals surface area contributed by atoms with Crippen LogP contribution in [0.4, 0.5) is 5.69 Å². The molecule has 142 valence electrons. The van der Waals surface area contributed by atoms with Crippen molar-refractivity contribution in [1.82, 2.24) is 5.32 Å². The first-order valence-corrected chi connectivity index (χ1v) is 9.92. The topological polar surface area (TPSA) is 67.4 Å². The van der Waals surface area contributed by atoms with Crippen molar-refractivity contribution in [2.75, 3.05) is 25.1 Å². The minimum Gasteiger partial charge on any atom is -0.381 e. The van der Waals surface area contributed by atoms with Gasteiger partial charge in [-0.2, -0.15) is 0 Å². The summed E-state index contributed by atoms with van der Waals surface area (Å²) in [4.78, 5) is 25.6. The molecule has 0 saturated carbocycles. The van der Waals surface area contributed by atoms with Crippen LogP contribution in [0.3, 0.4) is 0 Å². The van der Waals surface area contributed by atoms with Gasteiger partial charge >= 0.3 is 11.8 Å². The number of carbonyl (C=O) groups excluding carboxylic acids is 2. The average molecular weight is 405 g/mol. The molecule has 2 N–H and O–H groups in total. The van der Waals surface area contributed by atoms with E-state index in [9.17, 15) is 9.59 Å². The number of hydrogen-bond donors (Lipinski definition) is 2. The van der Waals surface area contributed by atoms with Gasteiger partial charge < -0.3 is 15.4 Å². The number of thioether (sulfide) groups is 1. The van der Waals surface area contributed by atoms with Crippen molar-refractivity contribution in [2.45, 2.75) is 22.5 Å². The van der Waals surface area contributed by atoms with Crippen LogP contribution in [0, 0.1) is 0 Å². The van der Waals surface area contributed by atoms with Crippen molar-refractivity contribution in [3.05, 3.63) is 59.6 Å². The Kier molecular flexibility index (Phi) is 6.77. The Morgan fingerprint density at radius 1 is 1.04 bits per heavy atom. The standard InChI is InChI=1S/C20H21ClN2O3S/c21-15-5-4-6-16(13-15)23-19(25)18(24)22-14-20(9-11-26-12-10-20)27-17-7-2-1-3-8-17/h1-8,13H,9-12,14H2,(H,22,24)(H,23,25). The lowest BCUT2D eigenvalue weighted by molar-refractivity contribution is -0.136. The zero-order chi connectivity index (χ0) is 19.1. The van der Waals surface area contributed by atoms with Gasteiger partial charge in [0.2, 0.25) is 0 Å². The maximum absolute atomic E-state index is 12.3. The Hall–Kier alpha value is -2.02. The normalized spacial score (nSPS) is 15.7. The summed E-state index contributed by atoms with van der Waals surface area (Å²) in [6, 6.07) is 16.8. The number of anilines is 1. The van der Waals surface area contributed by atoms with Gasteiger partial charge in [0.1, 0.15) is 0 Å². The summed E-state index contributed by atoms with van der Waals surface area (Å²) in [6.07, 6.45) is 1.62. The first-order chi connectivity index (χ1) is 13.1. The van der Waals surface area contributed by atoms with E-state index in [2.05, 4.69) is 22.8 Å². The van der Waals surface area contributed by atoms with E-state index >= 15 is 0 Å². The summed E-state index contributed by atoms with van der Waals surface area (Å²) in [7, 11) is 0. The van der Waals surface area contributed by atoms with E-state index in [0.717, 1.165) is 17.7 Å². The van der Waals surface area contributed by atoms with Crippen LogP contribution in [0.15, 0.2) is 59.5 Å². The molecule has 1 heterocycles. The molecule has 0 aromatic heterocycles. The third-order valence-electron chi connectivity index (χ3n) is 4.34. The van der Waals surface area contributed by atoms with Gasteiger partial charge in [-0.05, 0) is 43.2 Å². The molecule has 1 saturated heterocycles. The van der Waals surface area contributed by atoms with Crippen LogP contribution >= 0.6 is 23.4 Å². The van der Waals surface area contributed by atoms with E-state index in [-0.39, 0.29) is 4.75 Å². The highest BCUT2D eigenvalue weighted by atomic mass is 35.5. The fraction of sp³-hybridized carbons (Fsp3) is 0.300. The van der Waals surface area contributed by atoms with Gasteiger partial charge in [-0.15, -0.1) is 11.8 Å². The van der Waals surface area contributed by atoms with Crippen molar-refractivity contribution < 1.29 is 14.3 Å². The van der Waals surface area contributed by atoms with Crippen LogP contribution in [0.1, 0.15) is 12.8 Å². The molecule has 3 rings (SSSR count). The third kappa shape index (κ3) is 5.73. The third-order valence-corrected chi connectivity index (χ3v) is 6.07. The SMILES string of the molecule is O=C(NCC1(Sc2ccccc2)CCOCC1)C(=O)Nc1cccc(Cl)c1. The second-order valence-electron chi connectivity index (χ2n) is 6.36. The van der Waals surface area contributed by atoms with Crippen LogP contribution in [0.5, 0.6) is 0 Å². The molecular weight excluding hydrogens is 384 g/mol. The molecule has 0 bridgehead atoms. The largest absolute Gasteiger partial charge is 0.381 e. The second-order valence-corrected chi connectivity index (χ2v) is 8.34. The first-order valence-electron chi connectivity index (χ1n) is 8.73. The molecule has 2 aromatic rings. The minimum atomic E-state index is -0.704. The molecule has 1 aliphatic rings.